The molecule has 1 N–H and O–H groups in total. The molecule has 1 fully saturated rings. The molecule has 0 saturated carbocycles. The molecular weight excluding hydrogens is 380 g/mol. The smallest absolute Gasteiger partial charge is 0.309 e. The molecule has 0 bridgehead atoms. The Morgan fingerprint density at radius 1 is 1.27 bits per heavy atom. The van der Waals surface area contributed by atoms with E-state index >= 15 is 0 Å². The standard InChI is InChI=1S/C15H24N4O5S2/c1-5-24-11(20)10-6-8-19(9-7-10)26(22,23)14-18-17-13(25-14)16-12(21)15(2,3)4/h10H,5-9H2,1-4H3,(H,16,17,21). The summed E-state index contributed by atoms with van der Waals surface area (Å²) in [4.78, 5) is 23.7. The van der Waals surface area contributed by atoms with Gasteiger partial charge >= 0.3 is 5.97 Å². The number of carbonyl (C=O) groups is 2. The van der Waals surface area contributed by atoms with Gasteiger partial charge in [-0.05, 0) is 19.8 Å². The molecule has 2 rings (SSSR count). The van der Waals surface area contributed by atoms with Gasteiger partial charge in [0.2, 0.25) is 15.4 Å². The predicted octanol–water partition coefficient (Wildman–Crippen LogP) is 1.49. The van der Waals surface area contributed by atoms with Gasteiger partial charge in [0.05, 0.1) is 12.5 Å². The first-order valence-electron chi connectivity index (χ1n) is 8.37. The number of carbonyl (C=O) groups excluding carboxylic acids is 2. The SMILES string of the molecule is CCOC(=O)C1CCN(S(=O)(=O)c2nnc(NC(=O)C(C)(C)C)s2)CC1. The van der Waals surface area contributed by atoms with Crippen LogP contribution in [-0.2, 0) is 24.3 Å². The number of nitrogens with zero attached hydrogens (tertiary/aromatic N) is 3. The molecule has 26 heavy (non-hydrogen) atoms. The third-order valence-corrected chi connectivity index (χ3v) is 7.03. The monoisotopic (exact) mass is 404 g/mol. The Balaban J connectivity index is 2.03. The number of nitrogens with one attached hydrogen (secondary N) is 1. The van der Waals surface area contributed by atoms with E-state index in [1.165, 1.54) is 4.31 Å². The quantitative estimate of drug-likeness (QED) is 0.583. The maximum absolute atomic E-state index is 12.7. The second-order valence-electron chi connectivity index (χ2n) is 7.01. The fourth-order valence-corrected chi connectivity index (χ4v) is 4.85. The van der Waals surface area contributed by atoms with Gasteiger partial charge in [0.1, 0.15) is 0 Å². The molecule has 0 radical (unpaired) electrons. The zero-order valence-electron chi connectivity index (χ0n) is 15.3. The number of sulfonamides is 1. The van der Waals surface area contributed by atoms with Crippen molar-refractivity contribution in [2.24, 2.45) is 11.3 Å². The fraction of sp³-hybridized carbons (Fsp3) is 0.733. The van der Waals surface area contributed by atoms with Crippen LogP contribution < -0.4 is 5.32 Å². The van der Waals surface area contributed by atoms with Crippen LogP contribution in [0.3, 0.4) is 0 Å². The summed E-state index contributed by atoms with van der Waals surface area (Å²) < 4.78 is 31.5. The van der Waals surface area contributed by atoms with Gasteiger partial charge in [0, 0.05) is 18.5 Å². The van der Waals surface area contributed by atoms with Gasteiger partial charge in [-0.1, -0.05) is 32.1 Å². The Morgan fingerprint density at radius 3 is 2.42 bits per heavy atom. The molecule has 0 aliphatic carbocycles. The third-order valence-electron chi connectivity index (χ3n) is 3.94. The second kappa shape index (κ2) is 7.97. The highest BCUT2D eigenvalue weighted by atomic mass is 32.2. The highest BCUT2D eigenvalue weighted by molar-refractivity contribution is 7.91. The molecule has 146 valence electrons. The number of hydrogen-bond acceptors (Lipinski definition) is 8. The lowest BCUT2D eigenvalue weighted by molar-refractivity contribution is -0.149. The van der Waals surface area contributed by atoms with E-state index < -0.39 is 15.4 Å². The maximum atomic E-state index is 12.7. The molecule has 0 spiro atoms. The van der Waals surface area contributed by atoms with Crippen molar-refractivity contribution >= 4 is 38.4 Å². The van der Waals surface area contributed by atoms with Crippen molar-refractivity contribution in [3.05, 3.63) is 0 Å². The summed E-state index contributed by atoms with van der Waals surface area (Å²) in [7, 11) is -3.80. The summed E-state index contributed by atoms with van der Waals surface area (Å²) >= 11 is 0.818. The minimum Gasteiger partial charge on any atom is -0.466 e. The molecule has 1 amide bonds. The van der Waals surface area contributed by atoms with Crippen LogP contribution in [0.25, 0.3) is 0 Å². The Bertz CT molecular complexity index is 761. The maximum Gasteiger partial charge on any atom is 0.309 e. The first-order chi connectivity index (χ1) is 12.1. The summed E-state index contributed by atoms with van der Waals surface area (Å²) in [6.45, 7) is 7.72. The molecule has 1 aromatic heterocycles. The largest absolute Gasteiger partial charge is 0.466 e. The molecule has 9 nitrogen and oxygen atoms in total. The number of esters is 1. The van der Waals surface area contributed by atoms with Crippen molar-refractivity contribution in [3.63, 3.8) is 0 Å². The van der Waals surface area contributed by atoms with Crippen LogP contribution >= 0.6 is 11.3 Å². The first kappa shape index (κ1) is 20.7. The molecule has 2 heterocycles. The summed E-state index contributed by atoms with van der Waals surface area (Å²) in [5.41, 5.74) is -0.625. The van der Waals surface area contributed by atoms with Crippen LogP contribution in [0.1, 0.15) is 40.5 Å². The highest BCUT2D eigenvalue weighted by Crippen LogP contribution is 2.28. The minimum absolute atomic E-state index is 0.143. The predicted molar refractivity (Wildman–Crippen MR) is 96.1 cm³/mol. The number of amides is 1. The van der Waals surface area contributed by atoms with Crippen molar-refractivity contribution < 1.29 is 22.7 Å². The number of ether oxygens (including phenoxy) is 1. The van der Waals surface area contributed by atoms with Crippen molar-refractivity contribution in [1.29, 1.82) is 0 Å². The van der Waals surface area contributed by atoms with Crippen LogP contribution in [0.15, 0.2) is 4.34 Å². The molecule has 1 saturated heterocycles. The van der Waals surface area contributed by atoms with Crippen molar-refractivity contribution in [1.82, 2.24) is 14.5 Å². The van der Waals surface area contributed by atoms with E-state index in [1.54, 1.807) is 27.7 Å². The Morgan fingerprint density at radius 2 is 1.88 bits per heavy atom. The molecule has 1 aromatic rings. The summed E-state index contributed by atoms with van der Waals surface area (Å²) in [5.74, 6) is -0.835. The summed E-state index contributed by atoms with van der Waals surface area (Å²) in [6, 6.07) is 0. The van der Waals surface area contributed by atoms with E-state index in [0.29, 0.717) is 19.4 Å². The first-order valence-corrected chi connectivity index (χ1v) is 10.6. The molecule has 0 aromatic carbocycles. The average Bonchev–Trinajstić information content (AvgIpc) is 3.03. The fourth-order valence-electron chi connectivity index (χ4n) is 2.35. The molecule has 1 aliphatic heterocycles. The van der Waals surface area contributed by atoms with E-state index in [1.807, 2.05) is 0 Å². The van der Waals surface area contributed by atoms with Gasteiger partial charge in [-0.2, -0.15) is 4.31 Å². The van der Waals surface area contributed by atoms with Crippen LogP contribution in [-0.4, -0.2) is 54.5 Å². The molecule has 0 unspecified atom stereocenters. The highest BCUT2D eigenvalue weighted by Gasteiger charge is 2.35. The van der Waals surface area contributed by atoms with E-state index in [0.717, 1.165) is 11.3 Å². The van der Waals surface area contributed by atoms with Gasteiger partial charge in [0.25, 0.3) is 10.0 Å². The van der Waals surface area contributed by atoms with Gasteiger partial charge in [-0.3, -0.25) is 9.59 Å². The number of piperidine rings is 1. The van der Waals surface area contributed by atoms with Crippen LogP contribution in [0.2, 0.25) is 0 Å². The summed E-state index contributed by atoms with van der Waals surface area (Å²) in [6.07, 6.45) is 0.814. The number of rotatable bonds is 5. The van der Waals surface area contributed by atoms with Crippen LogP contribution in [0, 0.1) is 11.3 Å². The van der Waals surface area contributed by atoms with Gasteiger partial charge < -0.3 is 10.1 Å². The second-order valence-corrected chi connectivity index (χ2v) is 10.1. The van der Waals surface area contributed by atoms with Crippen LogP contribution in [0.5, 0.6) is 0 Å². The van der Waals surface area contributed by atoms with Gasteiger partial charge in [0.15, 0.2) is 0 Å². The molecular formula is C15H24N4O5S2. The lowest BCUT2D eigenvalue weighted by atomic mass is 9.96. The average molecular weight is 405 g/mol. The zero-order chi connectivity index (χ0) is 19.5. The Labute approximate surface area is 157 Å². The Kier molecular flexibility index (Phi) is 6.35. The molecule has 1 aliphatic rings. The van der Waals surface area contributed by atoms with Crippen molar-refractivity contribution in [3.8, 4) is 0 Å². The Hall–Kier alpha value is -1.59. The van der Waals surface area contributed by atoms with E-state index in [2.05, 4.69) is 15.5 Å². The van der Waals surface area contributed by atoms with E-state index in [-0.39, 0.29) is 40.4 Å². The third kappa shape index (κ3) is 4.77. The van der Waals surface area contributed by atoms with Crippen molar-refractivity contribution in [2.45, 2.75) is 44.9 Å². The normalized spacial score (nSPS) is 17.1. The van der Waals surface area contributed by atoms with Crippen molar-refractivity contribution in [2.75, 3.05) is 25.0 Å². The van der Waals surface area contributed by atoms with Gasteiger partial charge in [-0.15, -0.1) is 10.2 Å². The number of hydrogen-bond donors (Lipinski definition) is 1. The van der Waals surface area contributed by atoms with Crippen LogP contribution in [0.4, 0.5) is 5.13 Å². The lowest BCUT2D eigenvalue weighted by Crippen LogP contribution is -2.40. The topological polar surface area (TPSA) is 119 Å². The molecule has 0 atom stereocenters. The number of anilines is 1. The minimum atomic E-state index is -3.80. The zero-order valence-corrected chi connectivity index (χ0v) is 16.9. The van der Waals surface area contributed by atoms with E-state index in [4.69, 9.17) is 4.74 Å². The van der Waals surface area contributed by atoms with Gasteiger partial charge in [-0.25, -0.2) is 8.42 Å². The lowest BCUT2D eigenvalue weighted by Gasteiger charge is -2.29. The summed E-state index contributed by atoms with van der Waals surface area (Å²) in [5, 5.41) is 10.2. The number of aromatic nitrogens is 2. The molecule has 11 heteroatoms. The van der Waals surface area contributed by atoms with E-state index in [9.17, 15) is 18.0 Å².